The van der Waals surface area contributed by atoms with Crippen molar-refractivity contribution in [2.45, 2.75) is 6.61 Å². The maximum Gasteiger partial charge on any atom is 0.218 e. The Kier molecular flexibility index (Phi) is 4.50. The molecule has 1 aromatic carbocycles. The monoisotopic (exact) mass is 333 g/mol. The van der Waals surface area contributed by atoms with E-state index in [4.69, 9.17) is 21.1 Å². The predicted octanol–water partition coefficient (Wildman–Crippen LogP) is 3.84. The van der Waals surface area contributed by atoms with Crippen molar-refractivity contribution in [2.24, 2.45) is 0 Å². The van der Waals surface area contributed by atoms with E-state index in [0.717, 1.165) is 11.3 Å². The first kappa shape index (κ1) is 14.7. The second kappa shape index (κ2) is 6.72. The molecule has 0 amide bonds. The van der Waals surface area contributed by atoms with Gasteiger partial charge in [0, 0.05) is 17.6 Å². The molecule has 22 heavy (non-hydrogen) atoms. The molecule has 2 aromatic heterocycles. The molecule has 5 nitrogen and oxygen atoms in total. The van der Waals surface area contributed by atoms with Crippen molar-refractivity contribution in [3.63, 3.8) is 0 Å². The number of aromatic nitrogens is 3. The van der Waals surface area contributed by atoms with Crippen LogP contribution < -0.4 is 9.47 Å². The normalized spacial score (nSPS) is 10.5. The summed E-state index contributed by atoms with van der Waals surface area (Å²) in [6, 6.07) is 9.22. The first-order valence-corrected chi connectivity index (χ1v) is 7.70. The summed E-state index contributed by atoms with van der Waals surface area (Å²) in [7, 11) is 1.63. The van der Waals surface area contributed by atoms with Gasteiger partial charge in [0.15, 0.2) is 10.8 Å². The van der Waals surface area contributed by atoms with Gasteiger partial charge in [-0.05, 0) is 17.7 Å². The minimum atomic E-state index is 0.324. The van der Waals surface area contributed by atoms with E-state index in [0.29, 0.717) is 28.5 Å². The highest BCUT2D eigenvalue weighted by Crippen LogP contribution is 2.23. The van der Waals surface area contributed by atoms with Crippen LogP contribution in [-0.4, -0.2) is 22.1 Å². The number of hydrogen-bond acceptors (Lipinski definition) is 6. The minimum Gasteiger partial charge on any atom is -0.497 e. The van der Waals surface area contributed by atoms with Gasteiger partial charge in [-0.25, -0.2) is 9.97 Å². The third kappa shape index (κ3) is 3.52. The molecule has 7 heteroatoms. The van der Waals surface area contributed by atoms with Gasteiger partial charge in [0.1, 0.15) is 17.5 Å². The molecule has 0 atom stereocenters. The molecule has 0 aliphatic rings. The van der Waals surface area contributed by atoms with Crippen molar-refractivity contribution in [2.75, 3.05) is 7.11 Å². The van der Waals surface area contributed by atoms with E-state index in [1.54, 1.807) is 19.4 Å². The molecular formula is C15H12ClN3O2S. The van der Waals surface area contributed by atoms with Crippen LogP contribution in [0.15, 0.2) is 41.9 Å². The topological polar surface area (TPSA) is 57.1 Å². The highest BCUT2D eigenvalue weighted by molar-refractivity contribution is 7.13. The molecule has 0 N–H and O–H groups in total. The summed E-state index contributed by atoms with van der Waals surface area (Å²) < 4.78 is 10.8. The molecule has 0 fully saturated rings. The Hall–Kier alpha value is -2.18. The van der Waals surface area contributed by atoms with Crippen molar-refractivity contribution >= 4 is 22.9 Å². The average molecular weight is 334 g/mol. The molecule has 0 radical (unpaired) electrons. The van der Waals surface area contributed by atoms with Gasteiger partial charge in [0.05, 0.1) is 7.11 Å². The fraction of sp³-hybridized carbons (Fsp3) is 0.133. The number of ether oxygens (including phenoxy) is 2. The van der Waals surface area contributed by atoms with Crippen molar-refractivity contribution in [1.82, 2.24) is 15.0 Å². The second-order valence-corrected chi connectivity index (χ2v) is 5.61. The van der Waals surface area contributed by atoms with Crippen LogP contribution in [-0.2, 0) is 6.61 Å². The molecule has 2 heterocycles. The fourth-order valence-corrected chi connectivity index (χ4v) is 2.52. The van der Waals surface area contributed by atoms with E-state index in [9.17, 15) is 0 Å². The van der Waals surface area contributed by atoms with Gasteiger partial charge in [0.2, 0.25) is 5.88 Å². The third-order valence-electron chi connectivity index (χ3n) is 2.84. The SMILES string of the molecule is COc1ccc(COc2cc(Cl)nc(-c3nccs3)n2)cc1. The number of benzene rings is 1. The van der Waals surface area contributed by atoms with Gasteiger partial charge in [-0.15, -0.1) is 11.3 Å². The molecule has 0 saturated carbocycles. The van der Waals surface area contributed by atoms with Crippen LogP contribution in [0.4, 0.5) is 0 Å². The van der Waals surface area contributed by atoms with Gasteiger partial charge in [-0.2, -0.15) is 4.98 Å². The Balaban J connectivity index is 1.74. The van der Waals surface area contributed by atoms with Crippen LogP contribution in [0.1, 0.15) is 5.56 Å². The van der Waals surface area contributed by atoms with Crippen LogP contribution >= 0.6 is 22.9 Å². The Labute approximate surface area is 136 Å². The van der Waals surface area contributed by atoms with Crippen LogP contribution in [0, 0.1) is 0 Å². The minimum absolute atomic E-state index is 0.324. The molecule has 0 saturated heterocycles. The van der Waals surface area contributed by atoms with Gasteiger partial charge < -0.3 is 9.47 Å². The number of halogens is 1. The summed E-state index contributed by atoms with van der Waals surface area (Å²) in [4.78, 5) is 12.7. The number of hydrogen-bond donors (Lipinski definition) is 0. The second-order valence-electron chi connectivity index (χ2n) is 4.33. The Morgan fingerprint density at radius 2 is 2.00 bits per heavy atom. The highest BCUT2D eigenvalue weighted by Gasteiger charge is 2.09. The van der Waals surface area contributed by atoms with Crippen molar-refractivity contribution < 1.29 is 9.47 Å². The van der Waals surface area contributed by atoms with Crippen LogP contribution in [0.3, 0.4) is 0 Å². The van der Waals surface area contributed by atoms with Crippen LogP contribution in [0.5, 0.6) is 11.6 Å². The lowest BCUT2D eigenvalue weighted by Gasteiger charge is -2.07. The molecule has 3 rings (SSSR count). The zero-order valence-electron chi connectivity index (χ0n) is 11.7. The Bertz CT molecular complexity index is 748. The Morgan fingerprint density at radius 1 is 1.18 bits per heavy atom. The third-order valence-corrected chi connectivity index (χ3v) is 3.80. The molecule has 0 bridgehead atoms. The van der Waals surface area contributed by atoms with Gasteiger partial charge in [-0.1, -0.05) is 23.7 Å². The molecule has 0 unspecified atom stereocenters. The maximum atomic E-state index is 6.02. The first-order valence-electron chi connectivity index (χ1n) is 6.45. The summed E-state index contributed by atoms with van der Waals surface area (Å²) in [6.45, 7) is 0.384. The smallest absolute Gasteiger partial charge is 0.218 e. The number of rotatable bonds is 5. The number of nitrogens with zero attached hydrogens (tertiary/aromatic N) is 3. The molecule has 0 spiro atoms. The molecule has 0 aliphatic heterocycles. The van der Waals surface area contributed by atoms with Gasteiger partial charge in [-0.3, -0.25) is 0 Å². The summed E-state index contributed by atoms with van der Waals surface area (Å²) in [5.41, 5.74) is 1.01. The quantitative estimate of drug-likeness (QED) is 0.664. The zero-order chi connectivity index (χ0) is 15.4. The van der Waals surface area contributed by atoms with Crippen molar-refractivity contribution in [3.05, 3.63) is 52.6 Å². The summed E-state index contributed by atoms with van der Waals surface area (Å²) >= 11 is 7.47. The van der Waals surface area contributed by atoms with Crippen LogP contribution in [0.25, 0.3) is 10.8 Å². The predicted molar refractivity (Wildman–Crippen MR) is 85.5 cm³/mol. The standard InChI is InChI=1S/C15H12ClN3O2S/c1-20-11-4-2-10(3-5-11)9-21-13-8-12(16)18-14(19-13)15-17-6-7-22-15/h2-8H,9H2,1H3. The number of methoxy groups -OCH3 is 1. The van der Waals surface area contributed by atoms with E-state index >= 15 is 0 Å². The first-order chi connectivity index (χ1) is 10.7. The lowest BCUT2D eigenvalue weighted by atomic mass is 10.2. The molecule has 0 aliphatic carbocycles. The lowest BCUT2D eigenvalue weighted by Crippen LogP contribution is -1.99. The van der Waals surface area contributed by atoms with E-state index in [1.807, 2.05) is 29.6 Å². The molecule has 112 valence electrons. The Morgan fingerprint density at radius 3 is 2.68 bits per heavy atom. The summed E-state index contributed by atoms with van der Waals surface area (Å²) in [6.07, 6.45) is 1.70. The number of thiazole rings is 1. The zero-order valence-corrected chi connectivity index (χ0v) is 13.3. The lowest BCUT2D eigenvalue weighted by molar-refractivity contribution is 0.293. The van der Waals surface area contributed by atoms with Gasteiger partial charge in [0.25, 0.3) is 0 Å². The van der Waals surface area contributed by atoms with Crippen LogP contribution in [0.2, 0.25) is 5.15 Å². The van der Waals surface area contributed by atoms with Gasteiger partial charge >= 0.3 is 0 Å². The van der Waals surface area contributed by atoms with E-state index in [-0.39, 0.29) is 0 Å². The van der Waals surface area contributed by atoms with Crippen molar-refractivity contribution in [1.29, 1.82) is 0 Å². The summed E-state index contributed by atoms with van der Waals surface area (Å²) in [5.74, 6) is 1.69. The van der Waals surface area contributed by atoms with E-state index in [1.165, 1.54) is 11.3 Å². The fourth-order valence-electron chi connectivity index (χ4n) is 1.78. The summed E-state index contributed by atoms with van der Waals surface area (Å²) in [5, 5.41) is 2.89. The maximum absolute atomic E-state index is 6.02. The highest BCUT2D eigenvalue weighted by atomic mass is 35.5. The molecular weight excluding hydrogens is 322 g/mol. The van der Waals surface area contributed by atoms with E-state index in [2.05, 4.69) is 15.0 Å². The average Bonchev–Trinajstić information content (AvgIpc) is 3.07. The van der Waals surface area contributed by atoms with Crippen molar-refractivity contribution in [3.8, 4) is 22.5 Å². The molecule has 3 aromatic rings. The van der Waals surface area contributed by atoms with E-state index < -0.39 is 0 Å². The largest absolute Gasteiger partial charge is 0.497 e.